The second kappa shape index (κ2) is 4.78. The molecular weight excluding hydrogens is 294 g/mol. The van der Waals surface area contributed by atoms with Gasteiger partial charge in [0.1, 0.15) is 11.6 Å². The van der Waals surface area contributed by atoms with E-state index in [-0.39, 0.29) is 0 Å². The predicted octanol–water partition coefficient (Wildman–Crippen LogP) is 2.81. The highest BCUT2D eigenvalue weighted by Crippen LogP contribution is 2.43. The molecule has 0 radical (unpaired) electrons. The lowest BCUT2D eigenvalue weighted by Crippen LogP contribution is -2.19. The Labute approximate surface area is 115 Å². The first kappa shape index (κ1) is 12.4. The number of hydrogen-bond donors (Lipinski definition) is 1. The third-order valence-electron chi connectivity index (χ3n) is 3.89. The zero-order valence-electron chi connectivity index (χ0n) is 10.5. The van der Waals surface area contributed by atoms with Gasteiger partial charge in [-0.3, -0.25) is 0 Å². The number of rotatable bonds is 3. The van der Waals surface area contributed by atoms with Crippen LogP contribution < -0.4 is 5.73 Å². The Hall–Kier alpha value is -0.680. The van der Waals surface area contributed by atoms with Gasteiger partial charge < -0.3 is 10.5 Å². The van der Waals surface area contributed by atoms with E-state index in [9.17, 15) is 0 Å². The molecule has 98 valence electrons. The van der Waals surface area contributed by atoms with Gasteiger partial charge in [0.15, 0.2) is 0 Å². The van der Waals surface area contributed by atoms with Crippen LogP contribution in [0.15, 0.2) is 4.47 Å². The van der Waals surface area contributed by atoms with Crippen LogP contribution in [0.5, 0.6) is 0 Å². The third-order valence-corrected chi connectivity index (χ3v) is 4.75. The van der Waals surface area contributed by atoms with Gasteiger partial charge in [-0.1, -0.05) is 13.3 Å². The van der Waals surface area contributed by atoms with Crippen molar-refractivity contribution in [3.63, 3.8) is 0 Å². The number of nitrogens with two attached hydrogens (primary N) is 1. The van der Waals surface area contributed by atoms with Crippen LogP contribution in [-0.4, -0.2) is 22.2 Å². The summed E-state index contributed by atoms with van der Waals surface area (Å²) in [7, 11) is 0. The molecule has 0 saturated carbocycles. The Morgan fingerprint density at radius 3 is 2.83 bits per heavy atom. The summed E-state index contributed by atoms with van der Waals surface area (Å²) in [5.41, 5.74) is 7.01. The van der Waals surface area contributed by atoms with Crippen LogP contribution in [0.25, 0.3) is 0 Å². The van der Waals surface area contributed by atoms with E-state index in [2.05, 4.69) is 27.8 Å². The first-order valence-corrected chi connectivity index (χ1v) is 7.45. The summed E-state index contributed by atoms with van der Waals surface area (Å²) in [5, 5.41) is 0. The summed E-state index contributed by atoms with van der Waals surface area (Å²) in [6.07, 6.45) is 6.10. The maximum atomic E-state index is 5.98. The standard InChI is InChI=1S/C13H18BrN3O/c1-2-3-9-11(14)12(15)17-13(16-9)8-6-7-4-5-10(8)18-7/h7-8,10H,2-6H2,1H3,(H2,15,16,17). The summed E-state index contributed by atoms with van der Waals surface area (Å²) in [4.78, 5) is 9.16. The molecule has 5 heteroatoms. The first-order chi connectivity index (χ1) is 8.69. The zero-order valence-corrected chi connectivity index (χ0v) is 12.1. The van der Waals surface area contributed by atoms with Crippen molar-refractivity contribution in [3.05, 3.63) is 16.0 Å². The Kier molecular flexibility index (Phi) is 3.28. The smallest absolute Gasteiger partial charge is 0.141 e. The highest BCUT2D eigenvalue weighted by atomic mass is 79.9. The molecule has 3 rings (SSSR count). The molecule has 2 aliphatic heterocycles. The molecule has 0 aromatic carbocycles. The van der Waals surface area contributed by atoms with E-state index in [1.165, 1.54) is 6.42 Å². The van der Waals surface area contributed by atoms with Crippen LogP contribution in [0.2, 0.25) is 0 Å². The van der Waals surface area contributed by atoms with Gasteiger partial charge in [0, 0.05) is 5.92 Å². The van der Waals surface area contributed by atoms with Gasteiger partial charge in [0.05, 0.1) is 22.4 Å². The fourth-order valence-corrected chi connectivity index (χ4v) is 3.39. The zero-order chi connectivity index (χ0) is 12.7. The highest BCUT2D eigenvalue weighted by molar-refractivity contribution is 9.10. The lowest BCUT2D eigenvalue weighted by molar-refractivity contribution is 0.0998. The number of halogens is 1. The number of aryl methyl sites for hydroxylation is 1. The minimum atomic E-state index is 0.310. The highest BCUT2D eigenvalue weighted by Gasteiger charge is 2.43. The summed E-state index contributed by atoms with van der Waals surface area (Å²) < 4.78 is 6.74. The average molecular weight is 312 g/mol. The largest absolute Gasteiger partial charge is 0.383 e. The lowest BCUT2D eigenvalue weighted by atomic mass is 9.88. The van der Waals surface area contributed by atoms with Gasteiger partial charge >= 0.3 is 0 Å². The van der Waals surface area contributed by atoms with E-state index >= 15 is 0 Å². The van der Waals surface area contributed by atoms with Crippen LogP contribution in [0.1, 0.15) is 50.0 Å². The molecule has 0 amide bonds. The van der Waals surface area contributed by atoms with Crippen molar-refractivity contribution in [2.24, 2.45) is 0 Å². The minimum absolute atomic E-state index is 0.310. The van der Waals surface area contributed by atoms with Crippen LogP contribution in [0, 0.1) is 0 Å². The molecule has 4 nitrogen and oxygen atoms in total. The summed E-state index contributed by atoms with van der Waals surface area (Å²) >= 11 is 3.48. The summed E-state index contributed by atoms with van der Waals surface area (Å²) in [5.74, 6) is 1.78. The van der Waals surface area contributed by atoms with Crippen LogP contribution in [0.3, 0.4) is 0 Å². The molecule has 1 aromatic heterocycles. The molecular formula is C13H18BrN3O. The molecule has 3 heterocycles. The van der Waals surface area contributed by atoms with E-state index in [0.717, 1.165) is 41.7 Å². The van der Waals surface area contributed by atoms with Gasteiger partial charge in [-0.05, 0) is 41.6 Å². The minimum Gasteiger partial charge on any atom is -0.383 e. The molecule has 0 spiro atoms. The fourth-order valence-electron chi connectivity index (χ4n) is 3.01. The van der Waals surface area contributed by atoms with Crippen molar-refractivity contribution in [2.45, 2.75) is 57.2 Å². The molecule has 1 aromatic rings. The fraction of sp³-hybridized carbons (Fsp3) is 0.692. The topological polar surface area (TPSA) is 61.0 Å². The van der Waals surface area contributed by atoms with Crippen molar-refractivity contribution in [2.75, 3.05) is 5.73 Å². The average Bonchev–Trinajstić information content (AvgIpc) is 2.97. The SMILES string of the molecule is CCCc1nc(C2CC3CCC2O3)nc(N)c1Br. The number of fused-ring (bicyclic) bond motifs is 2. The molecule has 2 bridgehead atoms. The van der Waals surface area contributed by atoms with Crippen molar-refractivity contribution in [1.29, 1.82) is 0 Å². The van der Waals surface area contributed by atoms with Crippen molar-refractivity contribution in [3.8, 4) is 0 Å². The number of hydrogen-bond acceptors (Lipinski definition) is 4. The van der Waals surface area contributed by atoms with E-state index in [0.29, 0.717) is 23.9 Å². The molecule has 2 fully saturated rings. The molecule has 2 N–H and O–H groups in total. The molecule has 2 saturated heterocycles. The Morgan fingerprint density at radius 2 is 2.22 bits per heavy atom. The molecule has 18 heavy (non-hydrogen) atoms. The van der Waals surface area contributed by atoms with Crippen molar-refractivity contribution < 1.29 is 4.74 Å². The van der Waals surface area contributed by atoms with E-state index in [1.54, 1.807) is 0 Å². The Bertz CT molecular complexity index is 466. The predicted molar refractivity (Wildman–Crippen MR) is 73.4 cm³/mol. The van der Waals surface area contributed by atoms with Crippen LogP contribution >= 0.6 is 15.9 Å². The summed E-state index contributed by atoms with van der Waals surface area (Å²) in [6, 6.07) is 0. The second-order valence-corrected chi connectivity index (χ2v) is 5.99. The Morgan fingerprint density at radius 1 is 1.39 bits per heavy atom. The first-order valence-electron chi connectivity index (χ1n) is 6.66. The maximum Gasteiger partial charge on any atom is 0.141 e. The quantitative estimate of drug-likeness (QED) is 0.932. The maximum absolute atomic E-state index is 5.98. The van der Waals surface area contributed by atoms with Gasteiger partial charge in [0.2, 0.25) is 0 Å². The van der Waals surface area contributed by atoms with Gasteiger partial charge in [-0.15, -0.1) is 0 Å². The molecule has 3 atom stereocenters. The second-order valence-electron chi connectivity index (χ2n) is 5.19. The van der Waals surface area contributed by atoms with Gasteiger partial charge in [-0.2, -0.15) is 0 Å². The molecule has 0 aliphatic carbocycles. The Balaban J connectivity index is 1.92. The number of nitrogens with zero attached hydrogens (tertiary/aromatic N) is 2. The lowest BCUT2D eigenvalue weighted by Gasteiger charge is -2.18. The van der Waals surface area contributed by atoms with Crippen molar-refractivity contribution in [1.82, 2.24) is 9.97 Å². The normalized spacial score (nSPS) is 30.0. The van der Waals surface area contributed by atoms with Crippen LogP contribution in [0.4, 0.5) is 5.82 Å². The van der Waals surface area contributed by atoms with Gasteiger partial charge in [-0.25, -0.2) is 9.97 Å². The monoisotopic (exact) mass is 311 g/mol. The molecule has 3 unspecified atom stereocenters. The summed E-state index contributed by atoms with van der Waals surface area (Å²) in [6.45, 7) is 2.14. The number of aromatic nitrogens is 2. The molecule has 2 aliphatic rings. The van der Waals surface area contributed by atoms with E-state index in [1.807, 2.05) is 0 Å². The number of nitrogen functional groups attached to an aromatic ring is 1. The van der Waals surface area contributed by atoms with Crippen molar-refractivity contribution >= 4 is 21.7 Å². The van der Waals surface area contributed by atoms with E-state index in [4.69, 9.17) is 15.5 Å². The number of ether oxygens (including phenoxy) is 1. The number of anilines is 1. The van der Waals surface area contributed by atoms with E-state index < -0.39 is 0 Å². The van der Waals surface area contributed by atoms with Crippen LogP contribution in [-0.2, 0) is 11.2 Å². The van der Waals surface area contributed by atoms with Gasteiger partial charge in [0.25, 0.3) is 0 Å². The third kappa shape index (κ3) is 2.03.